The maximum absolute atomic E-state index is 5.38. The third-order valence-corrected chi connectivity index (χ3v) is 9.02. The predicted molar refractivity (Wildman–Crippen MR) is 186 cm³/mol. The zero-order chi connectivity index (χ0) is 30.0. The molecule has 218 valence electrons. The van der Waals surface area contributed by atoms with Crippen molar-refractivity contribution >= 4 is 40.7 Å². The number of amidine groups is 1. The molecule has 0 bridgehead atoms. The molecule has 3 atom stereocenters. The Morgan fingerprint density at radius 2 is 1.55 bits per heavy atom. The molecule has 4 aromatic carbocycles. The number of thiol groups is 1. The molecule has 1 aliphatic rings. The highest BCUT2D eigenvalue weighted by Gasteiger charge is 2.42. The number of nitrogens with zero attached hydrogens (tertiary/aromatic N) is 5. The zero-order valence-corrected chi connectivity index (χ0v) is 25.8. The maximum Gasteiger partial charge on any atom is 0.162 e. The van der Waals surface area contributed by atoms with Crippen LogP contribution in [-0.4, -0.2) is 21.6 Å². The van der Waals surface area contributed by atoms with Crippen molar-refractivity contribution in [3.63, 3.8) is 0 Å². The fraction of sp³-hybridized carbons (Fsp3) is 0.158. The molecule has 0 saturated heterocycles. The van der Waals surface area contributed by atoms with E-state index in [9.17, 15) is 0 Å². The van der Waals surface area contributed by atoms with Crippen LogP contribution in [0.3, 0.4) is 0 Å². The summed E-state index contributed by atoms with van der Waals surface area (Å²) in [6, 6.07) is 44.7. The molecule has 3 unspecified atom stereocenters. The monoisotopic (exact) mass is 593 g/mol. The standard InChI is InChI=1S/C38H35N5S/c1-27(24-28-12-5-3-6-13-28)29-14-11-15-31(25-29)37-40-43(32-16-7-4-8-17-32)38(36(44)34-18-9-10-22-39-34)42(37)33-19-20-35-30(26-33)21-23-41(35)2/h3-23,25-27,36,38,44H,24H2,1-2H3. The molecule has 6 heteroatoms. The van der Waals surface area contributed by atoms with E-state index in [1.807, 2.05) is 30.5 Å². The van der Waals surface area contributed by atoms with Crippen LogP contribution in [0.5, 0.6) is 0 Å². The van der Waals surface area contributed by atoms with Crippen LogP contribution in [0, 0.1) is 0 Å². The molecule has 0 aliphatic carbocycles. The average molecular weight is 594 g/mol. The van der Waals surface area contributed by atoms with Crippen molar-refractivity contribution < 1.29 is 0 Å². The van der Waals surface area contributed by atoms with Gasteiger partial charge in [-0.2, -0.15) is 17.7 Å². The molecular weight excluding hydrogens is 559 g/mol. The Kier molecular flexibility index (Phi) is 7.67. The normalized spacial score (nSPS) is 16.2. The molecule has 5 nitrogen and oxygen atoms in total. The first kappa shape index (κ1) is 28.0. The smallest absolute Gasteiger partial charge is 0.162 e. The number of pyridine rings is 1. The molecule has 0 spiro atoms. The van der Waals surface area contributed by atoms with Crippen LogP contribution in [-0.2, 0) is 13.5 Å². The highest BCUT2D eigenvalue weighted by molar-refractivity contribution is 7.80. The minimum absolute atomic E-state index is 0.260. The summed E-state index contributed by atoms with van der Waals surface area (Å²) in [5.41, 5.74) is 7.84. The number of benzene rings is 4. The van der Waals surface area contributed by atoms with Gasteiger partial charge in [-0.3, -0.25) is 9.88 Å². The van der Waals surface area contributed by atoms with Gasteiger partial charge in [0.15, 0.2) is 5.84 Å². The fourth-order valence-corrected chi connectivity index (χ4v) is 6.59. The summed E-state index contributed by atoms with van der Waals surface area (Å²) in [5.74, 6) is 1.23. The predicted octanol–water partition coefficient (Wildman–Crippen LogP) is 8.61. The molecule has 0 N–H and O–H groups in total. The summed E-state index contributed by atoms with van der Waals surface area (Å²) in [6.07, 6.45) is 4.65. The molecule has 0 fully saturated rings. The second kappa shape index (κ2) is 12.1. The molecule has 1 aliphatic heterocycles. The van der Waals surface area contributed by atoms with E-state index >= 15 is 0 Å². The summed E-state index contributed by atoms with van der Waals surface area (Å²) in [7, 11) is 2.08. The molecule has 0 radical (unpaired) electrons. The van der Waals surface area contributed by atoms with Gasteiger partial charge < -0.3 is 4.57 Å². The van der Waals surface area contributed by atoms with E-state index < -0.39 is 0 Å². The third-order valence-electron chi connectivity index (χ3n) is 8.49. The summed E-state index contributed by atoms with van der Waals surface area (Å²) in [6.45, 7) is 2.30. The molecule has 2 aromatic heterocycles. The van der Waals surface area contributed by atoms with Crippen LogP contribution in [0.25, 0.3) is 10.9 Å². The quantitative estimate of drug-likeness (QED) is 0.180. The van der Waals surface area contributed by atoms with E-state index in [-0.39, 0.29) is 11.4 Å². The Balaban J connectivity index is 1.37. The Morgan fingerprint density at radius 3 is 2.32 bits per heavy atom. The fourth-order valence-electron chi connectivity index (χ4n) is 6.17. The number of hydrogen-bond donors (Lipinski definition) is 1. The molecule has 44 heavy (non-hydrogen) atoms. The first-order chi connectivity index (χ1) is 21.6. The van der Waals surface area contributed by atoms with Gasteiger partial charge in [0.2, 0.25) is 0 Å². The summed E-state index contributed by atoms with van der Waals surface area (Å²) >= 11 is 5.25. The van der Waals surface area contributed by atoms with Gasteiger partial charge >= 0.3 is 0 Å². The number of aromatic nitrogens is 2. The Hall–Kier alpha value is -4.81. The Morgan fingerprint density at radius 1 is 0.773 bits per heavy atom. The van der Waals surface area contributed by atoms with Crippen molar-refractivity contribution in [2.45, 2.75) is 30.7 Å². The number of anilines is 2. The summed E-state index contributed by atoms with van der Waals surface area (Å²) in [4.78, 5) is 7.06. The lowest BCUT2D eigenvalue weighted by molar-refractivity contribution is 0.634. The first-order valence-corrected chi connectivity index (χ1v) is 15.6. The minimum atomic E-state index is -0.266. The van der Waals surface area contributed by atoms with Gasteiger partial charge in [-0.1, -0.05) is 79.7 Å². The highest BCUT2D eigenvalue weighted by atomic mass is 32.1. The van der Waals surface area contributed by atoms with Crippen LogP contribution in [0.1, 0.15) is 40.5 Å². The van der Waals surface area contributed by atoms with Crippen LogP contribution in [0.2, 0.25) is 0 Å². The number of para-hydroxylation sites is 1. The maximum atomic E-state index is 5.38. The Labute approximate surface area is 264 Å². The number of hydrogen-bond acceptors (Lipinski definition) is 5. The molecule has 0 amide bonds. The van der Waals surface area contributed by atoms with E-state index in [0.29, 0.717) is 5.92 Å². The average Bonchev–Trinajstić information content (AvgIpc) is 3.66. The van der Waals surface area contributed by atoms with Crippen LogP contribution >= 0.6 is 12.6 Å². The number of rotatable bonds is 8. The molecule has 7 rings (SSSR count). The zero-order valence-electron chi connectivity index (χ0n) is 24.9. The van der Waals surface area contributed by atoms with Crippen LogP contribution in [0.15, 0.2) is 145 Å². The third kappa shape index (κ3) is 5.38. The molecule has 0 saturated carbocycles. The van der Waals surface area contributed by atoms with Crippen molar-refractivity contribution in [3.05, 3.63) is 162 Å². The van der Waals surface area contributed by atoms with Crippen LogP contribution in [0.4, 0.5) is 11.4 Å². The summed E-state index contributed by atoms with van der Waals surface area (Å²) < 4.78 is 2.15. The lowest BCUT2D eigenvalue weighted by Gasteiger charge is -2.35. The number of fused-ring (bicyclic) bond motifs is 1. The van der Waals surface area contributed by atoms with Crippen molar-refractivity contribution in [1.29, 1.82) is 0 Å². The lowest BCUT2D eigenvalue weighted by atomic mass is 9.92. The van der Waals surface area contributed by atoms with E-state index in [1.54, 1.807) is 0 Å². The lowest BCUT2D eigenvalue weighted by Crippen LogP contribution is -2.45. The second-order valence-corrected chi connectivity index (χ2v) is 12.0. The largest absolute Gasteiger partial charge is 0.351 e. The van der Waals surface area contributed by atoms with E-state index in [4.69, 9.17) is 22.7 Å². The van der Waals surface area contributed by atoms with Crippen molar-refractivity contribution in [1.82, 2.24) is 9.55 Å². The van der Waals surface area contributed by atoms with E-state index in [0.717, 1.165) is 34.9 Å². The van der Waals surface area contributed by atoms with Gasteiger partial charge in [0, 0.05) is 41.6 Å². The van der Waals surface area contributed by atoms with Gasteiger partial charge in [-0.05, 0) is 78.1 Å². The second-order valence-electron chi connectivity index (χ2n) is 11.5. The highest BCUT2D eigenvalue weighted by Crippen LogP contribution is 2.40. The molecule has 6 aromatic rings. The minimum Gasteiger partial charge on any atom is -0.351 e. The topological polar surface area (TPSA) is 36.7 Å². The van der Waals surface area contributed by atoms with Crippen molar-refractivity contribution in [2.75, 3.05) is 9.91 Å². The van der Waals surface area contributed by atoms with Gasteiger partial charge in [-0.15, -0.1) is 0 Å². The van der Waals surface area contributed by atoms with Crippen molar-refractivity contribution in [3.8, 4) is 0 Å². The summed E-state index contributed by atoms with van der Waals surface area (Å²) in [5, 5.41) is 8.41. The first-order valence-electron chi connectivity index (χ1n) is 15.1. The van der Waals surface area contributed by atoms with Gasteiger partial charge in [0.1, 0.15) is 6.17 Å². The van der Waals surface area contributed by atoms with E-state index in [1.165, 1.54) is 22.0 Å². The van der Waals surface area contributed by atoms with Gasteiger partial charge in [0.05, 0.1) is 16.6 Å². The SMILES string of the molecule is CC(Cc1ccccc1)c1cccc(C2=NN(c3ccccc3)C(C(S)c3ccccn3)N2c2ccc3c(ccn3C)c2)c1. The number of aryl methyl sites for hydroxylation is 1. The molecular formula is C38H35N5S. The van der Waals surface area contributed by atoms with Gasteiger partial charge in [0.25, 0.3) is 0 Å². The van der Waals surface area contributed by atoms with Crippen molar-refractivity contribution in [2.24, 2.45) is 12.1 Å². The van der Waals surface area contributed by atoms with E-state index in [2.05, 4.69) is 138 Å². The van der Waals surface area contributed by atoms with Gasteiger partial charge in [-0.25, -0.2) is 5.01 Å². The Bertz CT molecular complexity index is 1900. The number of hydrazone groups is 1. The molecule has 3 heterocycles. The van der Waals surface area contributed by atoms with Crippen LogP contribution < -0.4 is 9.91 Å².